The fourth-order valence-corrected chi connectivity index (χ4v) is 3.91. The molecule has 0 aliphatic carbocycles. The fraction of sp³-hybridized carbons (Fsp3) is 0.500. The van der Waals surface area contributed by atoms with Gasteiger partial charge in [0.05, 0.1) is 24.0 Å². The lowest BCUT2D eigenvalue weighted by Gasteiger charge is -2.46. The second kappa shape index (κ2) is 6.36. The number of likely N-dealkylation sites (tertiary alicyclic amines) is 2. The number of amides is 1. The molecule has 2 aromatic heterocycles. The van der Waals surface area contributed by atoms with E-state index in [0.717, 1.165) is 43.9 Å². The van der Waals surface area contributed by atoms with Gasteiger partial charge in [-0.05, 0) is 43.5 Å². The summed E-state index contributed by atoms with van der Waals surface area (Å²) in [7, 11) is 1.96. The van der Waals surface area contributed by atoms with Gasteiger partial charge in [-0.3, -0.25) is 19.4 Å². The van der Waals surface area contributed by atoms with Gasteiger partial charge in [0.2, 0.25) is 5.91 Å². The number of fused-ring (bicyclic) bond motifs is 2. The number of nitrogens with zero attached hydrogens (tertiary/aromatic N) is 5. The molecule has 0 aromatic carbocycles. The van der Waals surface area contributed by atoms with Gasteiger partial charge in [0.1, 0.15) is 0 Å². The summed E-state index contributed by atoms with van der Waals surface area (Å²) in [5, 5.41) is 4.24. The molecule has 0 N–H and O–H groups in total. The molecule has 0 radical (unpaired) electrons. The molecule has 6 nitrogen and oxygen atoms in total. The van der Waals surface area contributed by atoms with Crippen molar-refractivity contribution in [1.82, 2.24) is 24.6 Å². The number of aromatic nitrogens is 3. The minimum absolute atomic E-state index is 0.00360. The zero-order chi connectivity index (χ0) is 16.5. The molecule has 24 heavy (non-hydrogen) atoms. The summed E-state index contributed by atoms with van der Waals surface area (Å²) in [5.74, 6) is 0.859. The quantitative estimate of drug-likeness (QED) is 0.853. The van der Waals surface area contributed by atoms with Crippen LogP contribution in [-0.4, -0.2) is 49.6 Å². The Morgan fingerprint density at radius 3 is 2.88 bits per heavy atom. The molecule has 4 heterocycles. The fourth-order valence-electron chi connectivity index (χ4n) is 3.91. The first-order chi connectivity index (χ1) is 11.7. The minimum atomic E-state index is -0.00360. The molecule has 2 bridgehead atoms. The normalized spacial score (nSPS) is 24.4. The maximum atomic E-state index is 13.0. The van der Waals surface area contributed by atoms with E-state index in [1.807, 2.05) is 47.1 Å². The van der Waals surface area contributed by atoms with Crippen LogP contribution in [0.2, 0.25) is 0 Å². The molecule has 2 aliphatic rings. The first kappa shape index (κ1) is 15.3. The Bertz CT molecular complexity index is 713. The number of pyridine rings is 1. The number of hydrogen-bond donors (Lipinski definition) is 0. The monoisotopic (exact) mass is 325 g/mol. The molecule has 6 heteroatoms. The Kier molecular flexibility index (Phi) is 4.06. The van der Waals surface area contributed by atoms with Crippen LogP contribution in [0.15, 0.2) is 36.7 Å². The van der Waals surface area contributed by atoms with Crippen molar-refractivity contribution in [3.8, 4) is 0 Å². The number of aryl methyl sites for hydroxylation is 1. The molecule has 2 aromatic rings. The highest BCUT2D eigenvalue weighted by Gasteiger charge is 2.41. The van der Waals surface area contributed by atoms with E-state index < -0.39 is 0 Å². The minimum Gasteiger partial charge on any atom is -0.335 e. The highest BCUT2D eigenvalue weighted by molar-refractivity contribution is 5.83. The third kappa shape index (κ3) is 2.94. The molecule has 2 fully saturated rings. The van der Waals surface area contributed by atoms with Crippen molar-refractivity contribution in [1.29, 1.82) is 0 Å². The molecule has 0 saturated carbocycles. The van der Waals surface area contributed by atoms with E-state index in [1.165, 1.54) is 0 Å². The zero-order valence-corrected chi connectivity index (χ0v) is 14.0. The first-order valence-electron chi connectivity index (χ1n) is 8.60. The first-order valence-corrected chi connectivity index (χ1v) is 8.60. The van der Waals surface area contributed by atoms with Crippen LogP contribution < -0.4 is 0 Å². The number of hydrogen-bond acceptors (Lipinski definition) is 4. The molecule has 126 valence electrons. The van der Waals surface area contributed by atoms with Crippen LogP contribution in [-0.2, 0) is 24.9 Å². The van der Waals surface area contributed by atoms with Crippen molar-refractivity contribution in [2.45, 2.75) is 32.0 Å². The van der Waals surface area contributed by atoms with Gasteiger partial charge >= 0.3 is 0 Å². The molecular formula is C18H23N5O. The maximum Gasteiger partial charge on any atom is 0.240 e. The Morgan fingerprint density at radius 1 is 1.21 bits per heavy atom. The molecule has 2 atom stereocenters. The van der Waals surface area contributed by atoms with Crippen LogP contribution in [0, 0.1) is 5.92 Å². The van der Waals surface area contributed by atoms with E-state index in [-0.39, 0.29) is 11.9 Å². The summed E-state index contributed by atoms with van der Waals surface area (Å²) in [5.41, 5.74) is 2.12. The van der Waals surface area contributed by atoms with Gasteiger partial charge in [-0.25, -0.2) is 0 Å². The Morgan fingerprint density at radius 2 is 2.12 bits per heavy atom. The molecular weight excluding hydrogens is 302 g/mol. The molecule has 0 spiro atoms. The summed E-state index contributed by atoms with van der Waals surface area (Å²) >= 11 is 0. The zero-order valence-electron chi connectivity index (χ0n) is 14.0. The molecule has 2 aliphatic heterocycles. The lowest BCUT2D eigenvalue weighted by Crippen LogP contribution is -2.58. The van der Waals surface area contributed by atoms with E-state index in [4.69, 9.17) is 0 Å². The van der Waals surface area contributed by atoms with Crippen LogP contribution >= 0.6 is 0 Å². The molecule has 4 rings (SSSR count). The van der Waals surface area contributed by atoms with Crippen molar-refractivity contribution in [3.05, 3.63) is 48.0 Å². The van der Waals surface area contributed by atoms with Crippen LogP contribution in [0.5, 0.6) is 0 Å². The Balaban J connectivity index is 1.49. The van der Waals surface area contributed by atoms with Gasteiger partial charge in [0, 0.05) is 32.5 Å². The number of piperidine rings is 2. The van der Waals surface area contributed by atoms with E-state index in [9.17, 15) is 4.79 Å². The number of carbonyl (C=O) groups excluding carboxylic acids is 1. The van der Waals surface area contributed by atoms with Gasteiger partial charge in [-0.15, -0.1) is 0 Å². The van der Waals surface area contributed by atoms with Gasteiger partial charge < -0.3 is 4.90 Å². The topological polar surface area (TPSA) is 54.3 Å². The Labute approximate surface area is 142 Å². The SMILES string of the molecule is Cn1nccc1CN1CC[C@H]2C[C@@H]1C(=O)N(Cc1ccccn1)C2. The summed E-state index contributed by atoms with van der Waals surface area (Å²) < 4.78 is 1.89. The van der Waals surface area contributed by atoms with Crippen LogP contribution in [0.1, 0.15) is 24.2 Å². The lowest BCUT2D eigenvalue weighted by atomic mass is 9.85. The average molecular weight is 325 g/mol. The van der Waals surface area contributed by atoms with Crippen molar-refractivity contribution >= 4 is 5.91 Å². The summed E-state index contributed by atoms with van der Waals surface area (Å²) in [6, 6.07) is 7.91. The van der Waals surface area contributed by atoms with E-state index >= 15 is 0 Å². The lowest BCUT2D eigenvalue weighted by molar-refractivity contribution is -0.146. The predicted molar refractivity (Wildman–Crippen MR) is 89.8 cm³/mol. The van der Waals surface area contributed by atoms with Crippen LogP contribution in [0.3, 0.4) is 0 Å². The third-order valence-corrected chi connectivity index (χ3v) is 5.26. The van der Waals surface area contributed by atoms with Crippen molar-refractivity contribution in [2.75, 3.05) is 13.1 Å². The number of carbonyl (C=O) groups is 1. The molecule has 1 amide bonds. The standard InChI is InChI=1S/C18H23N5O/c1-21-16(5-8-20-21)13-22-9-6-14-10-17(22)18(24)23(11-14)12-15-4-2-3-7-19-15/h2-5,7-8,14,17H,6,9-13H2,1H3/t14-,17+/m0/s1. The molecule has 0 unspecified atom stereocenters. The van der Waals surface area contributed by atoms with E-state index in [2.05, 4.69) is 15.0 Å². The number of rotatable bonds is 4. The predicted octanol–water partition coefficient (Wildman–Crippen LogP) is 1.44. The highest BCUT2D eigenvalue weighted by atomic mass is 16.2. The van der Waals surface area contributed by atoms with Crippen molar-refractivity contribution in [3.63, 3.8) is 0 Å². The van der Waals surface area contributed by atoms with E-state index in [0.29, 0.717) is 12.5 Å². The average Bonchev–Trinajstić information content (AvgIpc) is 3.00. The smallest absolute Gasteiger partial charge is 0.240 e. The summed E-state index contributed by atoms with van der Waals surface area (Å²) in [6.07, 6.45) is 5.74. The second-order valence-corrected chi connectivity index (χ2v) is 6.86. The Hall–Kier alpha value is -2.21. The van der Waals surface area contributed by atoms with Gasteiger partial charge in [-0.1, -0.05) is 6.07 Å². The van der Waals surface area contributed by atoms with Crippen LogP contribution in [0.4, 0.5) is 0 Å². The second-order valence-electron chi connectivity index (χ2n) is 6.86. The van der Waals surface area contributed by atoms with Crippen molar-refractivity contribution < 1.29 is 4.79 Å². The van der Waals surface area contributed by atoms with Crippen LogP contribution in [0.25, 0.3) is 0 Å². The van der Waals surface area contributed by atoms with Gasteiger partial charge in [0.15, 0.2) is 0 Å². The van der Waals surface area contributed by atoms with Gasteiger partial charge in [0.25, 0.3) is 0 Å². The van der Waals surface area contributed by atoms with Crippen molar-refractivity contribution in [2.24, 2.45) is 13.0 Å². The maximum absolute atomic E-state index is 13.0. The van der Waals surface area contributed by atoms with Gasteiger partial charge in [-0.2, -0.15) is 5.10 Å². The third-order valence-electron chi connectivity index (χ3n) is 5.26. The largest absolute Gasteiger partial charge is 0.335 e. The molecule has 2 saturated heterocycles. The summed E-state index contributed by atoms with van der Waals surface area (Å²) in [6.45, 7) is 3.26. The highest BCUT2D eigenvalue weighted by Crippen LogP contribution is 2.31. The van der Waals surface area contributed by atoms with E-state index in [1.54, 1.807) is 6.20 Å². The summed E-state index contributed by atoms with van der Waals surface area (Å²) in [4.78, 5) is 21.7.